The van der Waals surface area contributed by atoms with E-state index in [0.717, 1.165) is 6.42 Å². The monoisotopic (exact) mass is 197 g/mol. The quantitative estimate of drug-likeness (QED) is 0.771. The van der Waals surface area contributed by atoms with Crippen LogP contribution < -0.4 is 5.73 Å². The number of nitrogens with two attached hydrogens (primary N) is 1. The Morgan fingerprint density at radius 3 is 2.46 bits per heavy atom. The van der Waals surface area contributed by atoms with Crippen LogP contribution >= 0.6 is 11.3 Å². The van der Waals surface area contributed by atoms with Crippen molar-refractivity contribution in [3.8, 4) is 0 Å². The molecule has 0 fully saturated rings. The molecule has 0 aromatic carbocycles. The highest BCUT2D eigenvalue weighted by Gasteiger charge is 2.18. The smallest absolute Gasteiger partial charge is 0.0397 e. The van der Waals surface area contributed by atoms with Crippen molar-refractivity contribution in [1.29, 1.82) is 0 Å². The molecule has 1 atom stereocenters. The van der Waals surface area contributed by atoms with Crippen LogP contribution in [0.15, 0.2) is 11.4 Å². The first-order valence-electron chi connectivity index (χ1n) is 4.70. The maximum absolute atomic E-state index is 6.14. The second-order valence-corrected chi connectivity index (χ2v) is 5.79. The molecule has 0 spiro atoms. The first-order valence-corrected chi connectivity index (χ1v) is 5.58. The van der Waals surface area contributed by atoms with Crippen molar-refractivity contribution in [1.82, 2.24) is 0 Å². The lowest BCUT2D eigenvalue weighted by Crippen LogP contribution is -2.18. The number of rotatable bonds is 2. The third-order valence-electron chi connectivity index (χ3n) is 2.07. The van der Waals surface area contributed by atoms with E-state index in [-0.39, 0.29) is 6.04 Å². The zero-order valence-electron chi connectivity index (χ0n) is 8.92. The normalized spacial score (nSPS) is 14.5. The molecule has 0 amide bonds. The molecule has 1 rings (SSSR count). The number of hydrogen-bond donors (Lipinski definition) is 1. The standard InChI is InChI=1S/C11H19NS/c1-8-5-6-13-10(8)9(12)7-11(2,3)4/h5-6,9H,7,12H2,1-4H3/t9-/m0/s1. The Morgan fingerprint density at radius 2 is 2.08 bits per heavy atom. The van der Waals surface area contributed by atoms with Gasteiger partial charge in [-0.25, -0.2) is 0 Å². The molecule has 0 saturated carbocycles. The molecule has 13 heavy (non-hydrogen) atoms. The zero-order valence-corrected chi connectivity index (χ0v) is 9.74. The molecule has 0 aliphatic carbocycles. The van der Waals surface area contributed by atoms with E-state index in [0.29, 0.717) is 5.41 Å². The molecule has 1 aromatic rings. The van der Waals surface area contributed by atoms with Crippen LogP contribution in [-0.2, 0) is 0 Å². The summed E-state index contributed by atoms with van der Waals surface area (Å²) in [5.74, 6) is 0. The van der Waals surface area contributed by atoms with Gasteiger partial charge in [-0.3, -0.25) is 0 Å². The predicted molar refractivity (Wildman–Crippen MR) is 60.1 cm³/mol. The molecule has 1 heterocycles. The second-order valence-electron chi connectivity index (χ2n) is 4.84. The van der Waals surface area contributed by atoms with E-state index in [9.17, 15) is 0 Å². The van der Waals surface area contributed by atoms with Gasteiger partial charge in [0.1, 0.15) is 0 Å². The molecule has 0 saturated heterocycles. The van der Waals surface area contributed by atoms with Crippen molar-refractivity contribution >= 4 is 11.3 Å². The zero-order chi connectivity index (χ0) is 10.1. The van der Waals surface area contributed by atoms with E-state index < -0.39 is 0 Å². The summed E-state index contributed by atoms with van der Waals surface area (Å²) in [4.78, 5) is 1.34. The molecule has 0 aliphatic rings. The lowest BCUT2D eigenvalue weighted by atomic mass is 9.87. The van der Waals surface area contributed by atoms with Crippen molar-refractivity contribution in [2.24, 2.45) is 11.1 Å². The highest BCUT2D eigenvalue weighted by Crippen LogP contribution is 2.31. The van der Waals surface area contributed by atoms with Gasteiger partial charge in [-0.05, 0) is 35.8 Å². The average Bonchev–Trinajstić information content (AvgIpc) is 2.30. The van der Waals surface area contributed by atoms with Crippen molar-refractivity contribution in [2.45, 2.75) is 40.2 Å². The molecule has 0 unspecified atom stereocenters. The average molecular weight is 197 g/mol. The van der Waals surface area contributed by atoms with Gasteiger partial charge < -0.3 is 5.73 Å². The van der Waals surface area contributed by atoms with Crippen LogP contribution in [-0.4, -0.2) is 0 Å². The molecule has 74 valence electrons. The maximum atomic E-state index is 6.14. The fourth-order valence-electron chi connectivity index (χ4n) is 1.52. The summed E-state index contributed by atoms with van der Waals surface area (Å²) < 4.78 is 0. The Balaban J connectivity index is 2.69. The van der Waals surface area contributed by atoms with Gasteiger partial charge in [0.15, 0.2) is 0 Å². The van der Waals surface area contributed by atoms with Crippen LogP contribution in [0.5, 0.6) is 0 Å². The molecule has 0 bridgehead atoms. The predicted octanol–water partition coefficient (Wildman–Crippen LogP) is 3.49. The Kier molecular flexibility index (Phi) is 3.14. The highest BCUT2D eigenvalue weighted by atomic mass is 32.1. The fraction of sp³-hybridized carbons (Fsp3) is 0.636. The van der Waals surface area contributed by atoms with E-state index >= 15 is 0 Å². The Hall–Kier alpha value is -0.340. The molecule has 0 aliphatic heterocycles. The van der Waals surface area contributed by atoms with Gasteiger partial charge in [0, 0.05) is 10.9 Å². The first-order chi connectivity index (χ1) is 5.90. The highest BCUT2D eigenvalue weighted by molar-refractivity contribution is 7.10. The van der Waals surface area contributed by atoms with Gasteiger partial charge in [0.25, 0.3) is 0 Å². The van der Waals surface area contributed by atoms with Crippen molar-refractivity contribution in [2.75, 3.05) is 0 Å². The van der Waals surface area contributed by atoms with E-state index in [1.165, 1.54) is 10.4 Å². The minimum Gasteiger partial charge on any atom is -0.323 e. The summed E-state index contributed by atoms with van der Waals surface area (Å²) in [6.07, 6.45) is 1.05. The minimum absolute atomic E-state index is 0.208. The van der Waals surface area contributed by atoms with Crippen LogP contribution in [0.4, 0.5) is 0 Å². The van der Waals surface area contributed by atoms with Gasteiger partial charge >= 0.3 is 0 Å². The largest absolute Gasteiger partial charge is 0.323 e. The van der Waals surface area contributed by atoms with Gasteiger partial charge in [-0.15, -0.1) is 11.3 Å². The Labute approximate surface area is 85.0 Å². The second kappa shape index (κ2) is 3.81. The third kappa shape index (κ3) is 3.12. The lowest BCUT2D eigenvalue weighted by Gasteiger charge is -2.22. The summed E-state index contributed by atoms with van der Waals surface area (Å²) in [5, 5.41) is 2.12. The van der Waals surface area contributed by atoms with Crippen LogP contribution in [0.2, 0.25) is 0 Å². The lowest BCUT2D eigenvalue weighted by molar-refractivity contribution is 0.344. The number of aryl methyl sites for hydroxylation is 1. The van der Waals surface area contributed by atoms with Crippen LogP contribution in [0.25, 0.3) is 0 Å². The third-order valence-corrected chi connectivity index (χ3v) is 3.22. The van der Waals surface area contributed by atoms with Gasteiger partial charge in [-0.2, -0.15) is 0 Å². The number of thiophene rings is 1. The summed E-state index contributed by atoms with van der Waals surface area (Å²) in [6.45, 7) is 8.83. The van der Waals surface area contributed by atoms with E-state index in [1.54, 1.807) is 11.3 Å². The van der Waals surface area contributed by atoms with Gasteiger partial charge in [0.2, 0.25) is 0 Å². The van der Waals surface area contributed by atoms with E-state index in [2.05, 4.69) is 39.1 Å². The van der Waals surface area contributed by atoms with E-state index in [1.807, 2.05) is 0 Å². The molecule has 2 N–H and O–H groups in total. The van der Waals surface area contributed by atoms with Gasteiger partial charge in [0.05, 0.1) is 0 Å². The summed E-state index contributed by atoms with van der Waals surface area (Å²) in [7, 11) is 0. The minimum atomic E-state index is 0.208. The van der Waals surface area contributed by atoms with Gasteiger partial charge in [-0.1, -0.05) is 20.8 Å². The fourth-order valence-corrected chi connectivity index (χ4v) is 2.45. The van der Waals surface area contributed by atoms with E-state index in [4.69, 9.17) is 5.73 Å². The molecule has 2 heteroatoms. The topological polar surface area (TPSA) is 26.0 Å². The maximum Gasteiger partial charge on any atom is 0.0397 e. The van der Waals surface area contributed by atoms with Crippen molar-refractivity contribution < 1.29 is 0 Å². The summed E-state index contributed by atoms with van der Waals surface area (Å²) in [5.41, 5.74) is 7.79. The molecule has 1 aromatic heterocycles. The summed E-state index contributed by atoms with van der Waals surface area (Å²) >= 11 is 1.77. The molecule has 1 nitrogen and oxygen atoms in total. The molecular weight excluding hydrogens is 178 g/mol. The van der Waals surface area contributed by atoms with Crippen LogP contribution in [0, 0.1) is 12.3 Å². The Morgan fingerprint density at radius 1 is 1.46 bits per heavy atom. The molecular formula is C11H19NS. The van der Waals surface area contributed by atoms with Crippen LogP contribution in [0.1, 0.15) is 43.7 Å². The van der Waals surface area contributed by atoms with Crippen LogP contribution in [0.3, 0.4) is 0 Å². The van der Waals surface area contributed by atoms with Crippen molar-refractivity contribution in [3.63, 3.8) is 0 Å². The number of hydrogen-bond acceptors (Lipinski definition) is 2. The SMILES string of the molecule is Cc1ccsc1[C@@H](N)CC(C)(C)C. The summed E-state index contributed by atoms with van der Waals surface area (Å²) in [6, 6.07) is 2.35. The first kappa shape index (κ1) is 10.7. The molecule has 0 radical (unpaired) electrons. The van der Waals surface area contributed by atoms with Crippen molar-refractivity contribution in [3.05, 3.63) is 21.9 Å². The Bertz CT molecular complexity index is 270.